The minimum Gasteiger partial charge on any atom is -0.769 e. The van der Waals surface area contributed by atoms with E-state index in [1.54, 1.807) is 0 Å². The highest BCUT2D eigenvalue weighted by Gasteiger charge is 2.21. The van der Waals surface area contributed by atoms with Crippen molar-refractivity contribution in [1.29, 1.82) is 0 Å². The van der Waals surface area contributed by atoms with Crippen molar-refractivity contribution in [2.45, 2.75) is 6.42 Å². The zero-order valence-corrected chi connectivity index (χ0v) is 9.81. The predicted octanol–water partition coefficient (Wildman–Crippen LogP) is 2.44. The first kappa shape index (κ1) is 10.5. The van der Waals surface area contributed by atoms with Crippen LogP contribution >= 0.6 is 0 Å². The molecule has 0 aliphatic carbocycles. The summed E-state index contributed by atoms with van der Waals surface area (Å²) in [4.78, 5) is 2.31. The maximum Gasteiger partial charge on any atom is 0.0640 e. The summed E-state index contributed by atoms with van der Waals surface area (Å²) in [6, 6.07) is 7.81. The Hall–Kier alpha value is -1.65. The molecule has 86 valence electrons. The topological polar surface area (TPSA) is 43.4 Å². The summed E-state index contributed by atoms with van der Waals surface area (Å²) in [5.74, 6) is 0. The van der Waals surface area contributed by atoms with Crippen molar-refractivity contribution in [2.24, 2.45) is 0 Å². The van der Waals surface area contributed by atoms with Crippen LogP contribution in [0, 0.1) is 0 Å². The van der Waals surface area contributed by atoms with Crippen LogP contribution in [-0.4, -0.2) is 13.7 Å². The lowest BCUT2D eigenvalue weighted by molar-refractivity contribution is 0.541. The van der Waals surface area contributed by atoms with E-state index in [4.69, 9.17) is 0 Å². The van der Waals surface area contributed by atoms with E-state index >= 15 is 0 Å². The van der Waals surface area contributed by atoms with E-state index in [0.29, 0.717) is 11.3 Å². The molecule has 0 fully saturated rings. The van der Waals surface area contributed by atoms with Crippen LogP contribution < -0.4 is 0 Å². The van der Waals surface area contributed by atoms with Crippen molar-refractivity contribution >= 4 is 22.9 Å². The highest BCUT2D eigenvalue weighted by Crippen LogP contribution is 2.36. The van der Waals surface area contributed by atoms with Crippen molar-refractivity contribution in [1.82, 2.24) is 4.90 Å². The molecule has 0 spiro atoms. The number of hydrogen-bond acceptors (Lipinski definition) is 3. The van der Waals surface area contributed by atoms with Crippen molar-refractivity contribution in [3.63, 3.8) is 0 Å². The van der Waals surface area contributed by atoms with Gasteiger partial charge in [0.15, 0.2) is 0 Å². The number of rotatable bonds is 1. The van der Waals surface area contributed by atoms with Crippen LogP contribution in [0.2, 0.25) is 0 Å². The van der Waals surface area contributed by atoms with Gasteiger partial charge in [-0.3, -0.25) is 4.21 Å². The molecule has 0 radical (unpaired) electrons. The van der Waals surface area contributed by atoms with Crippen LogP contribution in [0.1, 0.15) is 17.5 Å². The molecule has 0 saturated carbocycles. The molecule has 3 rings (SSSR count). The maximum absolute atomic E-state index is 11.3. The lowest BCUT2D eigenvalue weighted by atomic mass is 9.99. The summed E-state index contributed by atoms with van der Waals surface area (Å²) >= 11 is -2.17. The number of benzene rings is 1. The van der Waals surface area contributed by atoms with E-state index < -0.39 is 11.1 Å². The molecule has 0 aromatic heterocycles. The molecule has 2 aliphatic heterocycles. The van der Waals surface area contributed by atoms with Crippen LogP contribution in [-0.2, 0) is 11.1 Å². The van der Waals surface area contributed by atoms with Gasteiger partial charge in [0.1, 0.15) is 0 Å². The van der Waals surface area contributed by atoms with Crippen molar-refractivity contribution in [3.05, 3.63) is 58.8 Å². The van der Waals surface area contributed by atoms with E-state index in [2.05, 4.69) is 0 Å². The quantitative estimate of drug-likeness (QED) is 0.713. The lowest BCUT2D eigenvalue weighted by Crippen LogP contribution is -2.19. The maximum atomic E-state index is 11.3. The molecule has 17 heavy (non-hydrogen) atoms. The summed E-state index contributed by atoms with van der Waals surface area (Å²) < 4.78 is 22.6. The number of fused-ring (bicyclic) bond motifs is 3. The van der Waals surface area contributed by atoms with Crippen LogP contribution in [0.15, 0.2) is 47.6 Å². The van der Waals surface area contributed by atoms with Gasteiger partial charge in [-0.1, -0.05) is 30.3 Å². The Morgan fingerprint density at radius 2 is 2.06 bits per heavy atom. The summed E-state index contributed by atoms with van der Waals surface area (Å²) in [6.07, 6.45) is 8.09. The summed E-state index contributed by atoms with van der Waals surface area (Å²) in [5, 5.41) is 0. The third kappa shape index (κ3) is 1.66. The molecule has 1 atom stereocenters. The highest BCUT2D eigenvalue weighted by molar-refractivity contribution is 7.83. The fourth-order valence-electron chi connectivity index (χ4n) is 2.17. The molecule has 4 heteroatoms. The van der Waals surface area contributed by atoms with Crippen molar-refractivity contribution in [3.8, 4) is 0 Å². The fraction of sp³-hybridized carbons (Fsp3) is 0.0769. The summed E-state index contributed by atoms with van der Waals surface area (Å²) in [6.45, 7) is 0. The molecule has 1 aromatic rings. The normalized spacial score (nSPS) is 19.0. The molecule has 2 aliphatic rings. The minimum atomic E-state index is -2.17. The summed E-state index contributed by atoms with van der Waals surface area (Å²) in [7, 11) is 0. The molecule has 1 aromatic carbocycles. The smallest absolute Gasteiger partial charge is 0.0640 e. The van der Waals surface area contributed by atoms with Crippen LogP contribution in [0.5, 0.6) is 0 Å². The van der Waals surface area contributed by atoms with Crippen molar-refractivity contribution < 1.29 is 8.76 Å². The minimum absolute atomic E-state index is 0.448. The molecule has 0 N–H and O–H groups in total. The second kappa shape index (κ2) is 3.98. The van der Waals surface area contributed by atoms with Gasteiger partial charge in [0, 0.05) is 29.3 Å². The first-order valence-corrected chi connectivity index (χ1v) is 6.40. The second-order valence-corrected chi connectivity index (χ2v) is 4.87. The fourth-order valence-corrected chi connectivity index (χ4v) is 2.77. The Morgan fingerprint density at radius 3 is 2.88 bits per heavy atom. The average Bonchev–Trinajstić information content (AvgIpc) is 2.37. The number of nitrogens with zero attached hydrogens (tertiary/aromatic N) is 1. The lowest BCUT2D eigenvalue weighted by Gasteiger charge is -2.31. The third-order valence-electron chi connectivity index (χ3n) is 2.92. The Bertz CT molecular complexity index is 587. The van der Waals surface area contributed by atoms with Gasteiger partial charge in [-0.15, -0.1) is 0 Å². The van der Waals surface area contributed by atoms with E-state index in [9.17, 15) is 8.76 Å². The van der Waals surface area contributed by atoms with Crippen LogP contribution in [0.4, 0.5) is 0 Å². The van der Waals surface area contributed by atoms with E-state index in [1.165, 1.54) is 0 Å². The van der Waals surface area contributed by atoms with Crippen LogP contribution in [0.3, 0.4) is 0 Å². The van der Waals surface area contributed by atoms with Gasteiger partial charge in [0.05, 0.1) is 5.70 Å². The monoisotopic (exact) mass is 244 g/mol. The van der Waals surface area contributed by atoms with Gasteiger partial charge in [0.2, 0.25) is 0 Å². The van der Waals surface area contributed by atoms with E-state index in [1.807, 2.05) is 53.7 Å². The van der Waals surface area contributed by atoms with Gasteiger partial charge in [-0.2, -0.15) is 0 Å². The Balaban J connectivity index is 2.26. The van der Waals surface area contributed by atoms with Crippen molar-refractivity contribution in [2.75, 3.05) is 0 Å². The standard InChI is InChI=1S/C13H11NO2S/c15-17(16)12-6-3-8-14-9-7-10-4-1-2-5-11(10)13(12)14/h1-5,7-9H,6H2,(H,15,16)/p-1. The number of allylic oxidation sites excluding steroid dienone is 2. The molecule has 0 bridgehead atoms. The second-order valence-electron chi connectivity index (χ2n) is 3.91. The largest absolute Gasteiger partial charge is 0.769 e. The molecule has 3 nitrogen and oxygen atoms in total. The zero-order chi connectivity index (χ0) is 11.8. The van der Waals surface area contributed by atoms with Gasteiger partial charge in [-0.25, -0.2) is 0 Å². The summed E-state index contributed by atoms with van der Waals surface area (Å²) in [5.41, 5.74) is 2.80. The number of hydrogen-bond donors (Lipinski definition) is 0. The Morgan fingerprint density at radius 1 is 1.24 bits per heavy atom. The van der Waals surface area contributed by atoms with E-state index in [-0.39, 0.29) is 0 Å². The molecule has 2 heterocycles. The first-order valence-electron chi connectivity index (χ1n) is 5.32. The molecule has 0 saturated heterocycles. The van der Waals surface area contributed by atoms with Crippen LogP contribution in [0.25, 0.3) is 11.8 Å². The Labute approximate surface area is 102 Å². The van der Waals surface area contributed by atoms with E-state index in [0.717, 1.165) is 16.8 Å². The molecule has 0 amide bonds. The molecular formula is C13H10NO2S-. The molecule has 1 unspecified atom stereocenters. The Kier molecular flexibility index (Phi) is 2.46. The van der Waals surface area contributed by atoms with Gasteiger partial charge in [-0.05, 0) is 22.7 Å². The van der Waals surface area contributed by atoms with Gasteiger partial charge >= 0.3 is 0 Å². The van der Waals surface area contributed by atoms with Gasteiger partial charge < -0.3 is 9.45 Å². The highest BCUT2D eigenvalue weighted by atomic mass is 32.2. The zero-order valence-electron chi connectivity index (χ0n) is 9.00. The third-order valence-corrected chi connectivity index (χ3v) is 3.69. The van der Waals surface area contributed by atoms with Gasteiger partial charge in [0.25, 0.3) is 0 Å². The average molecular weight is 244 g/mol. The first-order chi connectivity index (χ1) is 8.27. The predicted molar refractivity (Wildman–Crippen MR) is 66.9 cm³/mol. The molecular weight excluding hydrogens is 234 g/mol. The SMILES string of the molecule is O=S([O-])C1=C2c3ccccc3C=CN2C=CC1.